The van der Waals surface area contributed by atoms with Crippen LogP contribution >= 0.6 is 0 Å². The third-order valence-corrected chi connectivity index (χ3v) is 3.95. The minimum atomic E-state index is -0.334. The van der Waals surface area contributed by atoms with Crippen molar-refractivity contribution in [3.8, 4) is 0 Å². The fourth-order valence-electron chi connectivity index (χ4n) is 2.76. The van der Waals surface area contributed by atoms with Crippen LogP contribution in [0.5, 0.6) is 0 Å². The van der Waals surface area contributed by atoms with Crippen molar-refractivity contribution in [2.24, 2.45) is 11.7 Å². The predicted octanol–water partition coefficient (Wildman–Crippen LogP) is 1.09. The van der Waals surface area contributed by atoms with Crippen molar-refractivity contribution in [1.82, 2.24) is 10.1 Å². The van der Waals surface area contributed by atoms with Crippen LogP contribution in [0.1, 0.15) is 18.5 Å². The van der Waals surface area contributed by atoms with Crippen molar-refractivity contribution < 1.29 is 14.1 Å². The number of likely N-dealkylation sites (tertiary alicyclic amines) is 1. The second-order valence-electron chi connectivity index (χ2n) is 5.38. The number of nitrogens with two attached hydrogens (primary N) is 1. The minimum absolute atomic E-state index is 0.0417. The number of para-hydroxylation sites is 1. The van der Waals surface area contributed by atoms with Gasteiger partial charge in [0, 0.05) is 18.5 Å². The van der Waals surface area contributed by atoms with Crippen molar-refractivity contribution in [3.05, 3.63) is 30.0 Å². The number of piperidine rings is 1. The number of benzene rings is 1. The molecule has 1 aromatic heterocycles. The Kier molecular flexibility index (Phi) is 3.60. The quantitative estimate of drug-likeness (QED) is 0.915. The van der Waals surface area contributed by atoms with E-state index >= 15 is 0 Å². The first-order valence-electron chi connectivity index (χ1n) is 7.05. The lowest BCUT2D eigenvalue weighted by molar-refractivity contribution is -0.134. The molecule has 3 rings (SSSR count). The second kappa shape index (κ2) is 5.55. The summed E-state index contributed by atoms with van der Waals surface area (Å²) in [5, 5.41) is 4.83. The Morgan fingerprint density at radius 2 is 2.19 bits per heavy atom. The zero-order chi connectivity index (χ0) is 14.8. The van der Waals surface area contributed by atoms with Crippen LogP contribution in [0, 0.1) is 5.92 Å². The molecular formula is C15H17N3O3. The summed E-state index contributed by atoms with van der Waals surface area (Å²) in [6, 6.07) is 7.45. The first-order chi connectivity index (χ1) is 10.1. The molecule has 0 aliphatic carbocycles. The molecule has 110 valence electrons. The maximum absolute atomic E-state index is 12.4. The van der Waals surface area contributed by atoms with Gasteiger partial charge < -0.3 is 15.2 Å². The van der Waals surface area contributed by atoms with Gasteiger partial charge in [-0.1, -0.05) is 17.3 Å². The van der Waals surface area contributed by atoms with Crippen molar-refractivity contribution in [2.75, 3.05) is 13.1 Å². The first-order valence-corrected chi connectivity index (χ1v) is 7.05. The average Bonchev–Trinajstić information content (AvgIpc) is 2.91. The second-order valence-corrected chi connectivity index (χ2v) is 5.38. The number of fused-ring (bicyclic) bond motifs is 1. The molecule has 0 bridgehead atoms. The molecular weight excluding hydrogens is 270 g/mol. The summed E-state index contributed by atoms with van der Waals surface area (Å²) in [5.41, 5.74) is 6.65. The van der Waals surface area contributed by atoms with Gasteiger partial charge in [-0.05, 0) is 25.0 Å². The Labute approximate surface area is 121 Å². The van der Waals surface area contributed by atoms with Gasteiger partial charge in [0.15, 0.2) is 5.58 Å². The Hall–Kier alpha value is -2.37. The zero-order valence-electron chi connectivity index (χ0n) is 11.6. The summed E-state index contributed by atoms with van der Waals surface area (Å²) < 4.78 is 5.20. The van der Waals surface area contributed by atoms with Crippen LogP contribution in [0.25, 0.3) is 11.0 Å². The lowest BCUT2D eigenvalue weighted by atomic mass is 9.97. The van der Waals surface area contributed by atoms with Gasteiger partial charge in [-0.25, -0.2) is 0 Å². The van der Waals surface area contributed by atoms with E-state index < -0.39 is 0 Å². The fourth-order valence-corrected chi connectivity index (χ4v) is 2.76. The molecule has 1 aliphatic heterocycles. The van der Waals surface area contributed by atoms with Crippen LogP contribution in [0.3, 0.4) is 0 Å². The molecule has 1 fully saturated rings. The van der Waals surface area contributed by atoms with E-state index in [9.17, 15) is 9.59 Å². The number of nitrogens with zero attached hydrogens (tertiary/aromatic N) is 2. The van der Waals surface area contributed by atoms with Crippen LogP contribution in [-0.2, 0) is 16.0 Å². The fraction of sp³-hybridized carbons (Fsp3) is 0.400. The number of primary amides is 1. The van der Waals surface area contributed by atoms with Gasteiger partial charge in [0.25, 0.3) is 0 Å². The lowest BCUT2D eigenvalue weighted by Gasteiger charge is -2.31. The minimum Gasteiger partial charge on any atom is -0.369 e. The highest BCUT2D eigenvalue weighted by atomic mass is 16.5. The molecule has 6 nitrogen and oxygen atoms in total. The van der Waals surface area contributed by atoms with Gasteiger partial charge in [-0.3, -0.25) is 9.59 Å². The number of aromatic nitrogens is 1. The Morgan fingerprint density at radius 1 is 1.38 bits per heavy atom. The summed E-state index contributed by atoms with van der Waals surface area (Å²) in [4.78, 5) is 25.3. The van der Waals surface area contributed by atoms with Gasteiger partial charge in [0.05, 0.1) is 12.3 Å². The number of hydrogen-bond donors (Lipinski definition) is 1. The number of amides is 2. The molecule has 2 aromatic rings. The van der Waals surface area contributed by atoms with E-state index in [2.05, 4.69) is 5.16 Å². The molecule has 1 atom stereocenters. The highest BCUT2D eigenvalue weighted by Gasteiger charge is 2.27. The first kappa shape index (κ1) is 13.6. The third kappa shape index (κ3) is 2.74. The van der Waals surface area contributed by atoms with Crippen LogP contribution in [0.15, 0.2) is 28.8 Å². The molecule has 0 saturated carbocycles. The van der Waals surface area contributed by atoms with Crippen molar-refractivity contribution in [2.45, 2.75) is 19.3 Å². The van der Waals surface area contributed by atoms with E-state index in [1.54, 1.807) is 4.90 Å². The standard InChI is InChI=1S/C15H17N3O3/c16-15(20)10-4-3-7-18(9-10)14(19)8-12-11-5-1-2-6-13(11)21-17-12/h1-2,5-6,10H,3-4,7-9H2,(H2,16,20). The highest BCUT2D eigenvalue weighted by molar-refractivity contribution is 5.86. The number of rotatable bonds is 3. The molecule has 0 spiro atoms. The van der Waals surface area contributed by atoms with Gasteiger partial charge in [-0.15, -0.1) is 0 Å². The summed E-state index contributed by atoms with van der Waals surface area (Å²) >= 11 is 0. The van der Waals surface area contributed by atoms with Gasteiger partial charge in [0.1, 0.15) is 5.69 Å². The Balaban J connectivity index is 1.72. The third-order valence-electron chi connectivity index (χ3n) is 3.95. The summed E-state index contributed by atoms with van der Waals surface area (Å²) in [7, 11) is 0. The highest BCUT2D eigenvalue weighted by Crippen LogP contribution is 2.21. The number of carbonyl (C=O) groups is 2. The maximum Gasteiger partial charge on any atom is 0.228 e. The Morgan fingerprint density at radius 3 is 3.00 bits per heavy atom. The van der Waals surface area contributed by atoms with Crippen LogP contribution in [0.4, 0.5) is 0 Å². The largest absolute Gasteiger partial charge is 0.369 e. The molecule has 2 amide bonds. The van der Waals surface area contributed by atoms with Gasteiger partial charge in [0.2, 0.25) is 11.8 Å². The summed E-state index contributed by atoms with van der Waals surface area (Å²) in [6.45, 7) is 1.07. The van der Waals surface area contributed by atoms with Crippen molar-refractivity contribution in [3.63, 3.8) is 0 Å². The summed E-state index contributed by atoms with van der Waals surface area (Å²) in [6.07, 6.45) is 1.74. The van der Waals surface area contributed by atoms with Crippen LogP contribution in [0.2, 0.25) is 0 Å². The van der Waals surface area contributed by atoms with Gasteiger partial charge in [-0.2, -0.15) is 0 Å². The van der Waals surface area contributed by atoms with E-state index in [1.807, 2.05) is 24.3 Å². The monoisotopic (exact) mass is 287 g/mol. The van der Waals surface area contributed by atoms with E-state index in [4.69, 9.17) is 10.3 Å². The number of hydrogen-bond acceptors (Lipinski definition) is 4. The number of carbonyl (C=O) groups excluding carboxylic acids is 2. The van der Waals surface area contributed by atoms with E-state index in [1.165, 1.54) is 0 Å². The molecule has 1 aliphatic rings. The van der Waals surface area contributed by atoms with E-state index in [0.717, 1.165) is 18.2 Å². The SMILES string of the molecule is NC(=O)C1CCCN(C(=O)Cc2noc3ccccc23)C1. The van der Waals surface area contributed by atoms with Crippen LogP contribution < -0.4 is 5.73 Å². The van der Waals surface area contributed by atoms with Crippen molar-refractivity contribution in [1.29, 1.82) is 0 Å². The molecule has 1 aromatic carbocycles. The van der Waals surface area contributed by atoms with E-state index in [-0.39, 0.29) is 24.2 Å². The molecule has 6 heteroatoms. The lowest BCUT2D eigenvalue weighted by Crippen LogP contribution is -2.44. The smallest absolute Gasteiger partial charge is 0.228 e. The zero-order valence-corrected chi connectivity index (χ0v) is 11.6. The normalized spacial score (nSPS) is 18.9. The molecule has 1 unspecified atom stereocenters. The average molecular weight is 287 g/mol. The maximum atomic E-state index is 12.4. The Bertz CT molecular complexity index is 680. The summed E-state index contributed by atoms with van der Waals surface area (Å²) in [5.74, 6) is -0.615. The van der Waals surface area contributed by atoms with Gasteiger partial charge >= 0.3 is 0 Å². The molecule has 1 saturated heterocycles. The molecule has 0 radical (unpaired) electrons. The van der Waals surface area contributed by atoms with Crippen molar-refractivity contribution >= 4 is 22.8 Å². The van der Waals surface area contributed by atoms with Crippen LogP contribution in [-0.4, -0.2) is 35.0 Å². The topological polar surface area (TPSA) is 89.4 Å². The molecule has 2 heterocycles. The van der Waals surface area contributed by atoms with E-state index in [0.29, 0.717) is 24.4 Å². The molecule has 21 heavy (non-hydrogen) atoms. The predicted molar refractivity (Wildman–Crippen MR) is 76.2 cm³/mol. The molecule has 2 N–H and O–H groups in total.